The monoisotopic (exact) mass is 367 g/mol. The number of rotatable bonds is 6. The number of carboxylic acids is 1. The highest BCUT2D eigenvalue weighted by molar-refractivity contribution is 5.88. The zero-order valence-corrected chi connectivity index (χ0v) is 14.9. The van der Waals surface area contributed by atoms with Crippen molar-refractivity contribution < 1.29 is 14.4 Å². The van der Waals surface area contributed by atoms with Crippen molar-refractivity contribution >= 4 is 5.97 Å². The molecule has 0 aliphatic carbocycles. The predicted octanol–water partition coefficient (Wildman–Crippen LogP) is 2.54. The van der Waals surface area contributed by atoms with Crippen LogP contribution in [0.1, 0.15) is 29.1 Å². The topological polar surface area (TPSA) is 97.3 Å². The van der Waals surface area contributed by atoms with E-state index in [0.717, 1.165) is 31.6 Å². The lowest BCUT2D eigenvalue weighted by molar-refractivity contribution is 0.0697. The summed E-state index contributed by atoms with van der Waals surface area (Å²) in [6.45, 7) is 3.61. The maximum atomic E-state index is 10.9. The summed E-state index contributed by atoms with van der Waals surface area (Å²) in [6, 6.07) is 6.47. The van der Waals surface area contributed by atoms with Crippen LogP contribution in [0.15, 0.2) is 47.5 Å². The number of hydrogen-bond donors (Lipinski definition) is 1. The molecule has 8 heteroatoms. The maximum Gasteiger partial charge on any atom is 0.335 e. The number of piperidine rings is 1. The molecule has 1 atom stereocenters. The Labute approximate surface area is 156 Å². The third-order valence-corrected chi connectivity index (χ3v) is 4.85. The van der Waals surface area contributed by atoms with Crippen LogP contribution in [-0.4, -0.2) is 48.8 Å². The van der Waals surface area contributed by atoms with Crippen molar-refractivity contribution in [2.45, 2.75) is 25.9 Å². The Kier molecular flexibility index (Phi) is 4.97. The van der Waals surface area contributed by atoms with Crippen LogP contribution in [0.25, 0.3) is 11.4 Å². The van der Waals surface area contributed by atoms with E-state index in [1.807, 2.05) is 18.7 Å². The van der Waals surface area contributed by atoms with E-state index in [-0.39, 0.29) is 5.56 Å². The van der Waals surface area contributed by atoms with Crippen molar-refractivity contribution in [3.63, 3.8) is 0 Å². The SMILES string of the molecule is O=C(O)c1ccc(-c2noc(CN3CCCC(Cn4ccnc4)C3)n2)cc1. The summed E-state index contributed by atoms with van der Waals surface area (Å²) in [5.41, 5.74) is 0.978. The van der Waals surface area contributed by atoms with Crippen molar-refractivity contribution in [3.8, 4) is 11.4 Å². The Bertz CT molecular complexity index is 888. The first-order chi connectivity index (χ1) is 13.2. The first kappa shape index (κ1) is 17.4. The summed E-state index contributed by atoms with van der Waals surface area (Å²) in [7, 11) is 0. The summed E-state index contributed by atoms with van der Waals surface area (Å²) in [5.74, 6) is 0.689. The van der Waals surface area contributed by atoms with Gasteiger partial charge in [-0.3, -0.25) is 4.90 Å². The lowest BCUT2D eigenvalue weighted by Crippen LogP contribution is -2.36. The van der Waals surface area contributed by atoms with E-state index in [2.05, 4.69) is 24.6 Å². The smallest absolute Gasteiger partial charge is 0.335 e. The van der Waals surface area contributed by atoms with Gasteiger partial charge < -0.3 is 14.2 Å². The van der Waals surface area contributed by atoms with Crippen LogP contribution >= 0.6 is 0 Å². The Morgan fingerprint density at radius 1 is 1.30 bits per heavy atom. The second-order valence-corrected chi connectivity index (χ2v) is 6.90. The van der Waals surface area contributed by atoms with E-state index in [1.54, 1.807) is 24.3 Å². The number of aromatic nitrogens is 4. The standard InChI is InChI=1S/C19H21N5O3/c25-19(26)16-5-3-15(4-6-16)18-21-17(27-22-18)12-23-8-1-2-14(10-23)11-24-9-7-20-13-24/h3-7,9,13-14H,1-2,8,10-12H2,(H,25,26). The molecular weight excluding hydrogens is 346 g/mol. The predicted molar refractivity (Wildman–Crippen MR) is 96.9 cm³/mol. The number of benzene rings is 1. The molecule has 2 aromatic heterocycles. The Balaban J connectivity index is 1.37. The van der Waals surface area contributed by atoms with Gasteiger partial charge in [0.05, 0.1) is 18.4 Å². The number of imidazole rings is 1. The van der Waals surface area contributed by atoms with Crippen LogP contribution in [-0.2, 0) is 13.1 Å². The molecule has 3 aromatic rings. The van der Waals surface area contributed by atoms with Crippen LogP contribution in [0.5, 0.6) is 0 Å². The molecule has 4 rings (SSSR count). The van der Waals surface area contributed by atoms with Gasteiger partial charge in [0.1, 0.15) is 0 Å². The molecule has 8 nitrogen and oxygen atoms in total. The van der Waals surface area contributed by atoms with E-state index in [4.69, 9.17) is 9.63 Å². The molecule has 1 aliphatic heterocycles. The lowest BCUT2D eigenvalue weighted by Gasteiger charge is -2.31. The van der Waals surface area contributed by atoms with Gasteiger partial charge in [0.2, 0.25) is 11.7 Å². The van der Waals surface area contributed by atoms with Gasteiger partial charge in [-0.15, -0.1) is 0 Å². The molecule has 0 radical (unpaired) electrons. The molecule has 140 valence electrons. The zero-order valence-electron chi connectivity index (χ0n) is 14.9. The number of likely N-dealkylation sites (tertiary alicyclic amines) is 1. The Morgan fingerprint density at radius 2 is 2.15 bits per heavy atom. The van der Waals surface area contributed by atoms with E-state index >= 15 is 0 Å². The molecule has 1 aromatic carbocycles. The summed E-state index contributed by atoms with van der Waals surface area (Å²) in [5, 5.41) is 13.0. The second-order valence-electron chi connectivity index (χ2n) is 6.90. The van der Waals surface area contributed by atoms with Gasteiger partial charge in [-0.25, -0.2) is 9.78 Å². The van der Waals surface area contributed by atoms with Gasteiger partial charge in [-0.2, -0.15) is 4.98 Å². The molecule has 1 fully saturated rings. The minimum absolute atomic E-state index is 0.236. The normalized spacial score (nSPS) is 17.9. The van der Waals surface area contributed by atoms with Crippen molar-refractivity contribution in [1.29, 1.82) is 0 Å². The molecular formula is C19H21N5O3. The zero-order chi connectivity index (χ0) is 18.6. The third-order valence-electron chi connectivity index (χ3n) is 4.85. The summed E-state index contributed by atoms with van der Waals surface area (Å²) >= 11 is 0. The molecule has 0 saturated carbocycles. The van der Waals surface area contributed by atoms with Gasteiger partial charge in [-0.1, -0.05) is 17.3 Å². The number of carboxylic acid groups (broad SMARTS) is 1. The minimum atomic E-state index is -0.953. The van der Waals surface area contributed by atoms with Crippen LogP contribution in [0, 0.1) is 5.92 Å². The van der Waals surface area contributed by atoms with Crippen molar-refractivity contribution in [1.82, 2.24) is 24.6 Å². The fourth-order valence-electron chi connectivity index (χ4n) is 3.53. The van der Waals surface area contributed by atoms with Crippen molar-refractivity contribution in [2.24, 2.45) is 5.92 Å². The highest BCUT2D eigenvalue weighted by Gasteiger charge is 2.22. The molecule has 1 aliphatic rings. The van der Waals surface area contributed by atoms with Gasteiger partial charge in [0, 0.05) is 31.0 Å². The first-order valence-electron chi connectivity index (χ1n) is 9.02. The van der Waals surface area contributed by atoms with Gasteiger partial charge in [0.25, 0.3) is 0 Å². The van der Waals surface area contributed by atoms with E-state index in [1.165, 1.54) is 6.42 Å². The summed E-state index contributed by atoms with van der Waals surface area (Å²) in [6.07, 6.45) is 8.03. The van der Waals surface area contributed by atoms with E-state index in [0.29, 0.717) is 24.2 Å². The summed E-state index contributed by atoms with van der Waals surface area (Å²) < 4.78 is 7.53. The van der Waals surface area contributed by atoms with Crippen LogP contribution < -0.4 is 0 Å². The molecule has 0 bridgehead atoms. The highest BCUT2D eigenvalue weighted by atomic mass is 16.5. The lowest BCUT2D eigenvalue weighted by atomic mass is 9.98. The molecule has 1 N–H and O–H groups in total. The van der Waals surface area contributed by atoms with Crippen molar-refractivity contribution in [2.75, 3.05) is 13.1 Å². The summed E-state index contributed by atoms with van der Waals surface area (Å²) in [4.78, 5) is 21.9. The third kappa shape index (κ3) is 4.22. The number of hydrogen-bond acceptors (Lipinski definition) is 6. The van der Waals surface area contributed by atoms with Gasteiger partial charge in [0.15, 0.2) is 0 Å². The van der Waals surface area contributed by atoms with Crippen LogP contribution in [0.2, 0.25) is 0 Å². The first-order valence-corrected chi connectivity index (χ1v) is 9.02. The molecule has 1 saturated heterocycles. The Morgan fingerprint density at radius 3 is 2.89 bits per heavy atom. The largest absolute Gasteiger partial charge is 0.478 e. The number of carbonyl (C=O) groups is 1. The minimum Gasteiger partial charge on any atom is -0.478 e. The second kappa shape index (κ2) is 7.71. The van der Waals surface area contributed by atoms with Gasteiger partial charge in [-0.05, 0) is 37.4 Å². The molecule has 27 heavy (non-hydrogen) atoms. The van der Waals surface area contributed by atoms with Crippen LogP contribution in [0.3, 0.4) is 0 Å². The van der Waals surface area contributed by atoms with Crippen molar-refractivity contribution in [3.05, 3.63) is 54.4 Å². The fourth-order valence-corrected chi connectivity index (χ4v) is 3.53. The average molecular weight is 367 g/mol. The molecule has 0 spiro atoms. The number of aromatic carboxylic acids is 1. The Hall–Kier alpha value is -3.00. The van der Waals surface area contributed by atoms with Crippen LogP contribution in [0.4, 0.5) is 0 Å². The molecule has 0 amide bonds. The quantitative estimate of drug-likeness (QED) is 0.715. The fraction of sp³-hybridized carbons (Fsp3) is 0.368. The van der Waals surface area contributed by atoms with E-state index in [9.17, 15) is 4.79 Å². The molecule has 3 heterocycles. The average Bonchev–Trinajstić information content (AvgIpc) is 3.34. The maximum absolute atomic E-state index is 10.9. The number of nitrogens with zero attached hydrogens (tertiary/aromatic N) is 5. The van der Waals surface area contributed by atoms with E-state index < -0.39 is 5.97 Å². The molecule has 1 unspecified atom stereocenters. The highest BCUT2D eigenvalue weighted by Crippen LogP contribution is 2.21. The van der Waals surface area contributed by atoms with Gasteiger partial charge >= 0.3 is 5.97 Å².